The largest absolute Gasteiger partial charge is 0.380 e. The maximum Gasteiger partial charge on any atom is 0.0711 e. The summed E-state index contributed by atoms with van der Waals surface area (Å²) in [7, 11) is 1.82. The third-order valence-corrected chi connectivity index (χ3v) is 3.75. The fourth-order valence-corrected chi connectivity index (χ4v) is 2.65. The van der Waals surface area contributed by atoms with Gasteiger partial charge in [0, 0.05) is 32.8 Å². The molecule has 16 heavy (non-hydrogen) atoms. The molecule has 2 aliphatic rings. The highest BCUT2D eigenvalue weighted by molar-refractivity contribution is 4.86. The van der Waals surface area contributed by atoms with E-state index in [1.165, 1.54) is 45.3 Å². The summed E-state index contributed by atoms with van der Waals surface area (Å²) in [6.45, 7) is 7.10. The van der Waals surface area contributed by atoms with E-state index in [1.807, 2.05) is 7.11 Å². The number of methoxy groups -OCH3 is 1. The van der Waals surface area contributed by atoms with E-state index in [4.69, 9.17) is 4.74 Å². The van der Waals surface area contributed by atoms with Crippen LogP contribution in [-0.4, -0.2) is 50.3 Å². The standard InChI is InChI=1S/C13H26N2O/c1-3-6-15(9-11-4-5-11)10-12-7-13(16-2)8-14-12/h11-14H,3-10H2,1-2H3. The minimum atomic E-state index is 0.439. The van der Waals surface area contributed by atoms with Gasteiger partial charge < -0.3 is 15.0 Å². The van der Waals surface area contributed by atoms with Gasteiger partial charge in [-0.3, -0.25) is 0 Å². The molecule has 2 rings (SSSR count). The monoisotopic (exact) mass is 226 g/mol. The van der Waals surface area contributed by atoms with Crippen molar-refractivity contribution in [2.45, 2.75) is 44.8 Å². The molecule has 1 saturated carbocycles. The number of nitrogens with zero attached hydrogens (tertiary/aromatic N) is 1. The summed E-state index contributed by atoms with van der Waals surface area (Å²) in [5, 5.41) is 3.57. The molecule has 0 amide bonds. The second-order valence-electron chi connectivity index (χ2n) is 5.40. The molecule has 2 unspecified atom stereocenters. The van der Waals surface area contributed by atoms with Crippen LogP contribution in [0.3, 0.4) is 0 Å². The highest BCUT2D eigenvalue weighted by Crippen LogP contribution is 2.30. The molecule has 0 aromatic heterocycles. The summed E-state index contributed by atoms with van der Waals surface area (Å²) >= 11 is 0. The first-order valence-corrected chi connectivity index (χ1v) is 6.80. The van der Waals surface area contributed by atoms with Gasteiger partial charge in [-0.2, -0.15) is 0 Å². The zero-order valence-corrected chi connectivity index (χ0v) is 10.7. The molecule has 1 heterocycles. The Labute approximate surface area is 99.5 Å². The van der Waals surface area contributed by atoms with Crippen molar-refractivity contribution in [2.75, 3.05) is 33.3 Å². The summed E-state index contributed by atoms with van der Waals surface area (Å²) < 4.78 is 5.40. The van der Waals surface area contributed by atoms with Crippen LogP contribution in [0.5, 0.6) is 0 Å². The van der Waals surface area contributed by atoms with Gasteiger partial charge in [-0.05, 0) is 38.1 Å². The highest BCUT2D eigenvalue weighted by atomic mass is 16.5. The third kappa shape index (κ3) is 3.72. The van der Waals surface area contributed by atoms with Crippen LogP contribution in [-0.2, 0) is 4.74 Å². The van der Waals surface area contributed by atoms with E-state index in [0.29, 0.717) is 12.1 Å². The Kier molecular flexibility index (Phi) is 4.62. The first-order valence-electron chi connectivity index (χ1n) is 6.80. The van der Waals surface area contributed by atoms with Gasteiger partial charge >= 0.3 is 0 Å². The van der Waals surface area contributed by atoms with Crippen molar-refractivity contribution >= 4 is 0 Å². The van der Waals surface area contributed by atoms with E-state index in [-0.39, 0.29) is 0 Å². The maximum absolute atomic E-state index is 5.40. The quantitative estimate of drug-likeness (QED) is 0.712. The molecular weight excluding hydrogens is 200 g/mol. The Morgan fingerprint density at radius 2 is 2.12 bits per heavy atom. The Bertz CT molecular complexity index is 206. The third-order valence-electron chi connectivity index (χ3n) is 3.75. The molecule has 3 nitrogen and oxygen atoms in total. The number of rotatable bonds is 7. The van der Waals surface area contributed by atoms with Gasteiger partial charge in [0.15, 0.2) is 0 Å². The summed E-state index contributed by atoms with van der Waals surface area (Å²) in [5.41, 5.74) is 0. The Hall–Kier alpha value is -0.120. The van der Waals surface area contributed by atoms with E-state index in [9.17, 15) is 0 Å². The molecule has 1 saturated heterocycles. The minimum absolute atomic E-state index is 0.439. The van der Waals surface area contributed by atoms with Crippen molar-refractivity contribution in [1.82, 2.24) is 10.2 Å². The van der Waals surface area contributed by atoms with Gasteiger partial charge in [0.1, 0.15) is 0 Å². The summed E-state index contributed by atoms with van der Waals surface area (Å²) in [5.74, 6) is 1.01. The zero-order chi connectivity index (χ0) is 11.4. The second-order valence-corrected chi connectivity index (χ2v) is 5.40. The van der Waals surface area contributed by atoms with Crippen LogP contribution in [0, 0.1) is 5.92 Å². The van der Waals surface area contributed by atoms with Crippen molar-refractivity contribution in [1.29, 1.82) is 0 Å². The predicted octanol–water partition coefficient (Wildman–Crippen LogP) is 1.49. The summed E-state index contributed by atoms with van der Waals surface area (Å²) in [6, 6.07) is 0.648. The lowest BCUT2D eigenvalue weighted by atomic mass is 10.2. The first kappa shape index (κ1) is 12.3. The lowest BCUT2D eigenvalue weighted by molar-refractivity contribution is 0.115. The average molecular weight is 226 g/mol. The molecule has 3 heteroatoms. The van der Waals surface area contributed by atoms with Crippen LogP contribution in [0.15, 0.2) is 0 Å². The van der Waals surface area contributed by atoms with Crippen molar-refractivity contribution in [2.24, 2.45) is 5.92 Å². The lowest BCUT2D eigenvalue weighted by Crippen LogP contribution is -2.39. The average Bonchev–Trinajstić information content (AvgIpc) is 2.96. The molecule has 1 N–H and O–H groups in total. The fourth-order valence-electron chi connectivity index (χ4n) is 2.65. The van der Waals surface area contributed by atoms with Crippen molar-refractivity contribution in [3.05, 3.63) is 0 Å². The number of ether oxygens (including phenoxy) is 1. The van der Waals surface area contributed by atoms with Crippen molar-refractivity contribution in [3.8, 4) is 0 Å². The topological polar surface area (TPSA) is 24.5 Å². The smallest absolute Gasteiger partial charge is 0.0711 e. The Balaban J connectivity index is 1.71. The number of hydrogen-bond acceptors (Lipinski definition) is 3. The van der Waals surface area contributed by atoms with Crippen LogP contribution < -0.4 is 5.32 Å². The molecular formula is C13H26N2O. The Morgan fingerprint density at radius 3 is 2.69 bits per heavy atom. The van der Waals surface area contributed by atoms with Crippen molar-refractivity contribution < 1.29 is 4.74 Å². The summed E-state index contributed by atoms with van der Waals surface area (Å²) in [6.07, 6.45) is 5.81. The summed E-state index contributed by atoms with van der Waals surface area (Å²) in [4.78, 5) is 2.65. The van der Waals surface area contributed by atoms with Gasteiger partial charge in [-0.15, -0.1) is 0 Å². The molecule has 0 aromatic rings. The minimum Gasteiger partial charge on any atom is -0.380 e. The molecule has 1 aliphatic heterocycles. The van der Waals surface area contributed by atoms with E-state index in [1.54, 1.807) is 0 Å². The molecule has 0 spiro atoms. The predicted molar refractivity (Wildman–Crippen MR) is 66.7 cm³/mol. The molecule has 94 valence electrons. The van der Waals surface area contributed by atoms with Crippen LogP contribution in [0.2, 0.25) is 0 Å². The van der Waals surface area contributed by atoms with Crippen LogP contribution in [0.4, 0.5) is 0 Å². The van der Waals surface area contributed by atoms with E-state index in [0.717, 1.165) is 12.5 Å². The molecule has 2 atom stereocenters. The maximum atomic E-state index is 5.40. The Morgan fingerprint density at radius 1 is 1.31 bits per heavy atom. The normalized spacial score (nSPS) is 30.2. The molecule has 0 radical (unpaired) electrons. The van der Waals surface area contributed by atoms with Crippen LogP contribution in [0.25, 0.3) is 0 Å². The zero-order valence-electron chi connectivity index (χ0n) is 10.7. The van der Waals surface area contributed by atoms with Gasteiger partial charge in [0.05, 0.1) is 6.10 Å². The van der Waals surface area contributed by atoms with Crippen molar-refractivity contribution in [3.63, 3.8) is 0 Å². The molecule has 0 aromatic carbocycles. The molecule has 2 fully saturated rings. The van der Waals surface area contributed by atoms with E-state index in [2.05, 4.69) is 17.1 Å². The highest BCUT2D eigenvalue weighted by Gasteiger charge is 2.28. The number of nitrogens with one attached hydrogen (secondary N) is 1. The lowest BCUT2D eigenvalue weighted by Gasteiger charge is -2.25. The number of hydrogen-bond donors (Lipinski definition) is 1. The van der Waals surface area contributed by atoms with Crippen LogP contribution >= 0.6 is 0 Å². The fraction of sp³-hybridized carbons (Fsp3) is 1.00. The molecule has 1 aliphatic carbocycles. The first-order chi connectivity index (χ1) is 7.81. The second kappa shape index (κ2) is 5.99. The SMILES string of the molecule is CCCN(CC1CC1)CC1CC(OC)CN1. The molecule has 0 bridgehead atoms. The van der Waals surface area contributed by atoms with Gasteiger partial charge in [-0.25, -0.2) is 0 Å². The van der Waals surface area contributed by atoms with E-state index >= 15 is 0 Å². The van der Waals surface area contributed by atoms with E-state index < -0.39 is 0 Å². The van der Waals surface area contributed by atoms with Gasteiger partial charge in [0.2, 0.25) is 0 Å². The van der Waals surface area contributed by atoms with Gasteiger partial charge in [-0.1, -0.05) is 6.92 Å². The van der Waals surface area contributed by atoms with Gasteiger partial charge in [0.25, 0.3) is 0 Å². The van der Waals surface area contributed by atoms with Crippen LogP contribution in [0.1, 0.15) is 32.6 Å².